The van der Waals surface area contributed by atoms with Crippen LogP contribution in [0.4, 0.5) is 16.8 Å². The first-order valence-corrected chi connectivity index (χ1v) is 11.9. The van der Waals surface area contributed by atoms with Crippen LogP contribution in [0, 0.1) is 18.3 Å². The molecule has 172 valence electrons. The third-order valence-electron chi connectivity index (χ3n) is 5.84. The lowest BCUT2D eigenvalue weighted by molar-refractivity contribution is 0.312. The van der Waals surface area contributed by atoms with Gasteiger partial charge in [0.05, 0.1) is 6.20 Å². The number of nitriles is 1. The Morgan fingerprint density at radius 2 is 1.88 bits per heavy atom. The van der Waals surface area contributed by atoms with E-state index in [9.17, 15) is 0 Å². The van der Waals surface area contributed by atoms with Crippen LogP contribution in [0.2, 0.25) is 0 Å². The highest BCUT2D eigenvalue weighted by Gasteiger charge is 2.18. The van der Waals surface area contributed by atoms with Gasteiger partial charge in [-0.25, -0.2) is 19.9 Å². The molecule has 0 aliphatic carbocycles. The normalized spacial score (nSPS) is 14.2. The molecule has 3 aromatic heterocycles. The van der Waals surface area contributed by atoms with Crippen molar-refractivity contribution in [2.24, 2.45) is 0 Å². The standard InChI is InChI=1S/C24H25N9S/c1-17-26-7-8-33(17)19-5-3-18(4-6-19)13-21-28-22(30-24-27-16-20(15-25)34-24)14-23(29-21)32-11-9-31(2)10-12-32/h3-8,14,16H,9-13H2,1-2H3,(H,27,28,29,30). The molecule has 0 saturated carbocycles. The molecule has 9 nitrogen and oxygen atoms in total. The summed E-state index contributed by atoms with van der Waals surface area (Å²) in [6.07, 6.45) is 5.94. The van der Waals surface area contributed by atoms with Crippen LogP contribution in [-0.2, 0) is 6.42 Å². The SMILES string of the molecule is Cc1nccn1-c1ccc(Cc2nc(Nc3ncc(C#N)s3)cc(N3CCN(C)CC3)n2)cc1. The highest BCUT2D eigenvalue weighted by molar-refractivity contribution is 7.16. The summed E-state index contributed by atoms with van der Waals surface area (Å²) < 4.78 is 2.06. The number of piperazine rings is 1. The van der Waals surface area contributed by atoms with Gasteiger partial charge in [0.25, 0.3) is 0 Å². The number of nitrogens with one attached hydrogen (secondary N) is 1. The molecule has 1 N–H and O–H groups in total. The van der Waals surface area contributed by atoms with Gasteiger partial charge in [-0.1, -0.05) is 23.5 Å². The average molecular weight is 472 g/mol. The Labute approximate surface area is 202 Å². The summed E-state index contributed by atoms with van der Waals surface area (Å²) in [4.78, 5) is 23.4. The third-order valence-corrected chi connectivity index (χ3v) is 6.66. The van der Waals surface area contributed by atoms with Gasteiger partial charge in [-0.15, -0.1) is 0 Å². The predicted octanol–water partition coefficient (Wildman–Crippen LogP) is 3.39. The maximum absolute atomic E-state index is 9.11. The summed E-state index contributed by atoms with van der Waals surface area (Å²) in [5.41, 5.74) is 2.20. The van der Waals surface area contributed by atoms with E-state index in [1.165, 1.54) is 11.3 Å². The van der Waals surface area contributed by atoms with Crippen molar-refractivity contribution in [2.45, 2.75) is 13.3 Å². The molecule has 1 saturated heterocycles. The minimum absolute atomic E-state index is 0.560. The molecule has 4 heterocycles. The van der Waals surface area contributed by atoms with Crippen molar-refractivity contribution in [1.82, 2.24) is 29.4 Å². The van der Waals surface area contributed by atoms with Gasteiger partial charge in [0.2, 0.25) is 0 Å². The fraction of sp³-hybridized carbons (Fsp3) is 0.292. The molecule has 5 rings (SSSR count). The average Bonchev–Trinajstić information content (AvgIpc) is 3.48. The van der Waals surface area contributed by atoms with Crippen molar-refractivity contribution in [2.75, 3.05) is 43.4 Å². The van der Waals surface area contributed by atoms with E-state index < -0.39 is 0 Å². The zero-order valence-electron chi connectivity index (χ0n) is 19.1. The predicted molar refractivity (Wildman–Crippen MR) is 133 cm³/mol. The van der Waals surface area contributed by atoms with Gasteiger partial charge < -0.3 is 19.7 Å². The Morgan fingerprint density at radius 1 is 1.09 bits per heavy atom. The Hall–Kier alpha value is -3.81. The molecular weight excluding hydrogens is 446 g/mol. The zero-order valence-corrected chi connectivity index (χ0v) is 20.0. The number of benzene rings is 1. The first-order chi connectivity index (χ1) is 16.6. The topological polar surface area (TPSA) is 98.8 Å². The fourth-order valence-electron chi connectivity index (χ4n) is 3.92. The Kier molecular flexibility index (Phi) is 6.20. The Bertz CT molecular complexity index is 1310. The number of aryl methyl sites for hydroxylation is 1. The van der Waals surface area contributed by atoms with E-state index in [-0.39, 0.29) is 0 Å². The quantitative estimate of drug-likeness (QED) is 0.457. The lowest BCUT2D eigenvalue weighted by atomic mass is 10.1. The van der Waals surface area contributed by atoms with E-state index >= 15 is 0 Å². The molecule has 0 spiro atoms. The van der Waals surface area contributed by atoms with Crippen LogP contribution in [0.25, 0.3) is 5.69 Å². The molecule has 0 amide bonds. The van der Waals surface area contributed by atoms with Gasteiger partial charge in [0.1, 0.15) is 34.2 Å². The summed E-state index contributed by atoms with van der Waals surface area (Å²) in [5.74, 6) is 3.28. The smallest absolute Gasteiger partial charge is 0.189 e. The number of thiazole rings is 1. The zero-order chi connectivity index (χ0) is 23.5. The van der Waals surface area contributed by atoms with E-state index in [4.69, 9.17) is 15.2 Å². The number of likely N-dealkylation sites (N-methyl/N-ethyl adjacent to an activating group) is 1. The lowest BCUT2D eigenvalue weighted by Gasteiger charge is -2.33. The molecule has 0 unspecified atom stereocenters. The van der Waals surface area contributed by atoms with Crippen LogP contribution in [0.15, 0.2) is 48.9 Å². The summed E-state index contributed by atoms with van der Waals surface area (Å²) >= 11 is 1.31. The van der Waals surface area contributed by atoms with Crippen molar-refractivity contribution in [3.63, 3.8) is 0 Å². The van der Waals surface area contributed by atoms with Gasteiger partial charge in [-0.05, 0) is 31.7 Å². The molecule has 4 aromatic rings. The van der Waals surface area contributed by atoms with Crippen molar-refractivity contribution in [3.8, 4) is 11.8 Å². The number of hydrogen-bond acceptors (Lipinski definition) is 9. The molecule has 1 aliphatic heterocycles. The van der Waals surface area contributed by atoms with E-state index in [1.807, 2.05) is 19.2 Å². The van der Waals surface area contributed by atoms with Crippen LogP contribution in [0.3, 0.4) is 0 Å². The van der Waals surface area contributed by atoms with E-state index in [2.05, 4.69) is 67.0 Å². The molecule has 1 aliphatic rings. The van der Waals surface area contributed by atoms with Crippen LogP contribution < -0.4 is 10.2 Å². The number of anilines is 3. The molecule has 1 aromatic carbocycles. The summed E-state index contributed by atoms with van der Waals surface area (Å²) in [6.45, 7) is 5.81. The molecule has 1 fully saturated rings. The first-order valence-electron chi connectivity index (χ1n) is 11.1. The van der Waals surface area contributed by atoms with Gasteiger partial charge in [0, 0.05) is 56.7 Å². The van der Waals surface area contributed by atoms with Crippen LogP contribution in [0.1, 0.15) is 22.1 Å². The minimum atomic E-state index is 0.560. The largest absolute Gasteiger partial charge is 0.354 e. The molecule has 0 atom stereocenters. The van der Waals surface area contributed by atoms with Crippen molar-refractivity contribution >= 4 is 28.1 Å². The van der Waals surface area contributed by atoms with Gasteiger partial charge in [-0.2, -0.15) is 5.26 Å². The lowest BCUT2D eigenvalue weighted by Crippen LogP contribution is -2.44. The second kappa shape index (κ2) is 9.59. The molecule has 34 heavy (non-hydrogen) atoms. The first kappa shape index (κ1) is 22.0. The number of hydrogen-bond donors (Lipinski definition) is 1. The fourth-order valence-corrected chi connectivity index (χ4v) is 4.55. The van der Waals surface area contributed by atoms with E-state index in [1.54, 1.807) is 12.4 Å². The molecule has 0 radical (unpaired) electrons. The third kappa shape index (κ3) is 4.90. The van der Waals surface area contributed by atoms with E-state index in [0.29, 0.717) is 22.2 Å². The van der Waals surface area contributed by atoms with E-state index in [0.717, 1.165) is 54.9 Å². The van der Waals surface area contributed by atoms with Crippen LogP contribution in [0.5, 0.6) is 0 Å². The van der Waals surface area contributed by atoms with Gasteiger partial charge in [0.15, 0.2) is 5.13 Å². The monoisotopic (exact) mass is 471 g/mol. The van der Waals surface area contributed by atoms with Crippen molar-refractivity contribution in [1.29, 1.82) is 5.26 Å². The maximum Gasteiger partial charge on any atom is 0.189 e. The molecular formula is C24H25N9S. The second-order valence-electron chi connectivity index (χ2n) is 8.27. The second-order valence-corrected chi connectivity index (χ2v) is 9.30. The Balaban J connectivity index is 1.41. The van der Waals surface area contributed by atoms with Gasteiger partial charge in [-0.3, -0.25) is 0 Å². The molecule has 10 heteroatoms. The summed E-state index contributed by atoms with van der Waals surface area (Å²) in [7, 11) is 2.14. The summed E-state index contributed by atoms with van der Waals surface area (Å²) in [6, 6.07) is 12.5. The number of rotatable bonds is 6. The Morgan fingerprint density at radius 3 is 2.56 bits per heavy atom. The van der Waals surface area contributed by atoms with Crippen LogP contribution >= 0.6 is 11.3 Å². The minimum Gasteiger partial charge on any atom is -0.354 e. The maximum atomic E-state index is 9.11. The van der Waals surface area contributed by atoms with Crippen LogP contribution in [-0.4, -0.2) is 62.6 Å². The van der Waals surface area contributed by atoms with Crippen molar-refractivity contribution < 1.29 is 0 Å². The summed E-state index contributed by atoms with van der Waals surface area (Å²) in [5, 5.41) is 13.0. The highest BCUT2D eigenvalue weighted by Crippen LogP contribution is 2.25. The number of imidazole rings is 1. The number of nitrogens with zero attached hydrogens (tertiary/aromatic N) is 8. The highest BCUT2D eigenvalue weighted by atomic mass is 32.1. The molecule has 0 bridgehead atoms. The number of aromatic nitrogens is 5. The van der Waals surface area contributed by atoms with Gasteiger partial charge >= 0.3 is 0 Å². The van der Waals surface area contributed by atoms with Crippen molar-refractivity contribution in [3.05, 3.63) is 71.0 Å².